The summed E-state index contributed by atoms with van der Waals surface area (Å²) in [6, 6.07) is 7.92. The van der Waals surface area contributed by atoms with E-state index in [2.05, 4.69) is 16.4 Å². The lowest BCUT2D eigenvalue weighted by atomic mass is 9.92. The molecular formula is C20H26N2O2. The van der Waals surface area contributed by atoms with Crippen LogP contribution in [0.1, 0.15) is 43.7 Å². The maximum atomic E-state index is 12.3. The maximum Gasteiger partial charge on any atom is 0.251 e. The molecule has 1 unspecified atom stereocenters. The zero-order chi connectivity index (χ0) is 17.1. The van der Waals surface area contributed by atoms with Crippen LogP contribution in [0.2, 0.25) is 0 Å². The van der Waals surface area contributed by atoms with Crippen molar-refractivity contribution in [2.24, 2.45) is 11.8 Å². The van der Waals surface area contributed by atoms with Gasteiger partial charge in [0.25, 0.3) is 5.56 Å². The number of benzene rings is 1. The third kappa shape index (κ3) is 3.69. The Balaban J connectivity index is 1.62. The summed E-state index contributed by atoms with van der Waals surface area (Å²) in [7, 11) is 0. The summed E-state index contributed by atoms with van der Waals surface area (Å²) in [5, 5.41) is 4.04. The van der Waals surface area contributed by atoms with Crippen molar-refractivity contribution >= 4 is 16.8 Å². The normalized spacial score (nSPS) is 16.4. The van der Waals surface area contributed by atoms with E-state index in [1.807, 2.05) is 32.0 Å². The number of hydrogen-bond donors (Lipinski definition) is 2. The van der Waals surface area contributed by atoms with Crippen molar-refractivity contribution in [3.63, 3.8) is 0 Å². The van der Waals surface area contributed by atoms with E-state index < -0.39 is 0 Å². The van der Waals surface area contributed by atoms with E-state index in [0.717, 1.165) is 29.3 Å². The molecule has 1 atom stereocenters. The molecule has 1 amide bonds. The van der Waals surface area contributed by atoms with Crippen molar-refractivity contribution in [2.45, 2.75) is 46.0 Å². The quantitative estimate of drug-likeness (QED) is 0.885. The first kappa shape index (κ1) is 16.7. The highest BCUT2D eigenvalue weighted by atomic mass is 16.2. The molecule has 24 heavy (non-hydrogen) atoms. The van der Waals surface area contributed by atoms with Gasteiger partial charge in [0, 0.05) is 23.5 Å². The van der Waals surface area contributed by atoms with Gasteiger partial charge < -0.3 is 10.3 Å². The molecule has 1 aliphatic carbocycles. The average molecular weight is 326 g/mol. The van der Waals surface area contributed by atoms with Gasteiger partial charge >= 0.3 is 0 Å². The van der Waals surface area contributed by atoms with Gasteiger partial charge in [-0.2, -0.15) is 0 Å². The first-order chi connectivity index (χ1) is 11.5. The minimum Gasteiger partial charge on any atom is -0.356 e. The van der Waals surface area contributed by atoms with Gasteiger partial charge in [0.05, 0.1) is 0 Å². The van der Waals surface area contributed by atoms with Crippen LogP contribution in [0.25, 0.3) is 10.9 Å². The molecule has 0 aliphatic heterocycles. The van der Waals surface area contributed by atoms with Gasteiger partial charge in [-0.3, -0.25) is 9.59 Å². The van der Waals surface area contributed by atoms with Gasteiger partial charge in [0.2, 0.25) is 5.91 Å². The zero-order valence-corrected chi connectivity index (χ0v) is 14.5. The van der Waals surface area contributed by atoms with Crippen LogP contribution in [-0.2, 0) is 11.2 Å². The lowest BCUT2D eigenvalue weighted by Gasteiger charge is -2.18. The van der Waals surface area contributed by atoms with Gasteiger partial charge in [-0.05, 0) is 55.7 Å². The molecule has 0 radical (unpaired) electrons. The Bertz CT molecular complexity index is 788. The molecule has 1 heterocycles. The van der Waals surface area contributed by atoms with Crippen LogP contribution in [-0.4, -0.2) is 17.4 Å². The molecule has 1 saturated carbocycles. The molecule has 4 heteroatoms. The molecular weight excluding hydrogens is 300 g/mol. The number of aromatic amines is 1. The Kier molecular flexibility index (Phi) is 5.03. The minimum absolute atomic E-state index is 0.0653. The maximum absolute atomic E-state index is 12.3. The summed E-state index contributed by atoms with van der Waals surface area (Å²) in [6.07, 6.45) is 5.38. The molecule has 128 valence electrons. The summed E-state index contributed by atoms with van der Waals surface area (Å²) in [5.74, 6) is 0.719. The summed E-state index contributed by atoms with van der Waals surface area (Å²) in [6.45, 7) is 4.57. The van der Waals surface area contributed by atoms with E-state index in [0.29, 0.717) is 18.9 Å². The van der Waals surface area contributed by atoms with Crippen LogP contribution in [0.3, 0.4) is 0 Å². The van der Waals surface area contributed by atoms with Gasteiger partial charge in [-0.15, -0.1) is 0 Å². The fourth-order valence-electron chi connectivity index (χ4n) is 3.71. The SMILES string of the molecule is Cc1ccc2[nH]c(=O)c(CCNC(=O)C(C)C3CCCC3)cc2c1. The third-order valence-electron chi connectivity index (χ3n) is 5.29. The van der Waals surface area contributed by atoms with Crippen molar-refractivity contribution < 1.29 is 4.79 Å². The number of amides is 1. The minimum atomic E-state index is -0.0653. The second kappa shape index (κ2) is 7.20. The Morgan fingerprint density at radius 3 is 2.79 bits per heavy atom. The Hall–Kier alpha value is -2.10. The number of H-pyrrole nitrogens is 1. The molecule has 1 aromatic heterocycles. The second-order valence-corrected chi connectivity index (χ2v) is 7.09. The molecule has 0 spiro atoms. The fraction of sp³-hybridized carbons (Fsp3) is 0.500. The highest BCUT2D eigenvalue weighted by Crippen LogP contribution is 2.31. The predicted octanol–water partition coefficient (Wildman–Crippen LogP) is 3.32. The van der Waals surface area contributed by atoms with Crippen molar-refractivity contribution in [2.75, 3.05) is 6.54 Å². The summed E-state index contributed by atoms with van der Waals surface area (Å²) in [5.41, 5.74) is 2.68. The van der Waals surface area contributed by atoms with Crippen molar-refractivity contribution in [3.05, 3.63) is 45.7 Å². The average Bonchev–Trinajstić information content (AvgIpc) is 3.09. The van der Waals surface area contributed by atoms with E-state index in [4.69, 9.17) is 0 Å². The van der Waals surface area contributed by atoms with Crippen LogP contribution >= 0.6 is 0 Å². The molecule has 2 N–H and O–H groups in total. The van der Waals surface area contributed by atoms with E-state index in [9.17, 15) is 9.59 Å². The molecule has 0 bridgehead atoms. The highest BCUT2D eigenvalue weighted by Gasteiger charge is 2.26. The summed E-state index contributed by atoms with van der Waals surface area (Å²) >= 11 is 0. The van der Waals surface area contributed by atoms with E-state index in [1.54, 1.807) is 0 Å². The predicted molar refractivity (Wildman–Crippen MR) is 97.1 cm³/mol. The van der Waals surface area contributed by atoms with Gasteiger partial charge in [-0.25, -0.2) is 0 Å². The number of fused-ring (bicyclic) bond motifs is 1. The summed E-state index contributed by atoms with van der Waals surface area (Å²) in [4.78, 5) is 27.4. The number of carbonyl (C=O) groups excluding carboxylic acids is 1. The number of hydrogen-bond acceptors (Lipinski definition) is 2. The molecule has 1 aliphatic rings. The van der Waals surface area contributed by atoms with Crippen LogP contribution in [0.5, 0.6) is 0 Å². The lowest BCUT2D eigenvalue weighted by Crippen LogP contribution is -2.34. The molecule has 4 nitrogen and oxygen atoms in total. The summed E-state index contributed by atoms with van der Waals surface area (Å²) < 4.78 is 0. The monoisotopic (exact) mass is 326 g/mol. The Labute approximate surface area is 142 Å². The van der Waals surface area contributed by atoms with Crippen molar-refractivity contribution in [3.8, 4) is 0 Å². The van der Waals surface area contributed by atoms with E-state index >= 15 is 0 Å². The van der Waals surface area contributed by atoms with E-state index in [1.165, 1.54) is 18.4 Å². The topological polar surface area (TPSA) is 62.0 Å². The molecule has 1 fully saturated rings. The van der Waals surface area contributed by atoms with Crippen LogP contribution in [0.4, 0.5) is 0 Å². The van der Waals surface area contributed by atoms with Crippen LogP contribution < -0.4 is 10.9 Å². The molecule has 2 aromatic rings. The number of carbonyl (C=O) groups is 1. The van der Waals surface area contributed by atoms with Crippen molar-refractivity contribution in [1.82, 2.24) is 10.3 Å². The first-order valence-corrected chi connectivity index (χ1v) is 8.95. The second-order valence-electron chi connectivity index (χ2n) is 7.09. The first-order valence-electron chi connectivity index (χ1n) is 8.95. The molecule has 1 aromatic carbocycles. The largest absolute Gasteiger partial charge is 0.356 e. The lowest BCUT2D eigenvalue weighted by molar-refractivity contribution is -0.125. The van der Waals surface area contributed by atoms with Gasteiger partial charge in [0.1, 0.15) is 0 Å². The van der Waals surface area contributed by atoms with Gasteiger partial charge in [0.15, 0.2) is 0 Å². The molecule has 3 rings (SSSR count). The number of nitrogens with one attached hydrogen (secondary N) is 2. The smallest absolute Gasteiger partial charge is 0.251 e. The van der Waals surface area contributed by atoms with Crippen LogP contribution in [0.15, 0.2) is 29.1 Å². The van der Waals surface area contributed by atoms with Crippen molar-refractivity contribution in [1.29, 1.82) is 0 Å². The number of aryl methyl sites for hydroxylation is 1. The Morgan fingerprint density at radius 2 is 2.04 bits per heavy atom. The Morgan fingerprint density at radius 1 is 1.29 bits per heavy atom. The van der Waals surface area contributed by atoms with E-state index in [-0.39, 0.29) is 17.4 Å². The fourth-order valence-corrected chi connectivity index (χ4v) is 3.71. The highest BCUT2D eigenvalue weighted by molar-refractivity contribution is 5.80. The number of pyridine rings is 1. The van der Waals surface area contributed by atoms with Crippen LogP contribution in [0, 0.1) is 18.8 Å². The standard InChI is InChI=1S/C20H26N2O2/c1-13-7-8-18-17(11-13)12-16(20(24)22-18)9-10-21-19(23)14(2)15-5-3-4-6-15/h7-8,11-12,14-15H,3-6,9-10H2,1-2H3,(H,21,23)(H,22,24). The number of aromatic nitrogens is 1. The van der Waals surface area contributed by atoms with Gasteiger partial charge in [-0.1, -0.05) is 31.4 Å². The molecule has 0 saturated heterocycles. The number of rotatable bonds is 5. The third-order valence-corrected chi connectivity index (χ3v) is 5.29. The zero-order valence-electron chi connectivity index (χ0n) is 14.5.